The molecule has 19 heavy (non-hydrogen) atoms. The molecule has 0 spiro atoms. The highest BCUT2D eigenvalue weighted by Crippen LogP contribution is 2.19. The van der Waals surface area contributed by atoms with Crippen LogP contribution < -0.4 is 4.90 Å². The quantitative estimate of drug-likeness (QED) is 0.888. The lowest BCUT2D eigenvalue weighted by Gasteiger charge is -2.36. The molecule has 106 valence electrons. The van der Waals surface area contributed by atoms with Crippen LogP contribution in [0.1, 0.15) is 0 Å². The van der Waals surface area contributed by atoms with Crippen molar-refractivity contribution in [1.29, 1.82) is 0 Å². The van der Waals surface area contributed by atoms with E-state index in [4.69, 9.17) is 16.3 Å². The van der Waals surface area contributed by atoms with E-state index in [1.807, 2.05) is 12.1 Å². The number of nitrogens with zero attached hydrogens (tertiary/aromatic N) is 2. The number of methoxy groups -OCH3 is 1. The van der Waals surface area contributed by atoms with Crippen LogP contribution in [0.4, 0.5) is 5.69 Å². The van der Waals surface area contributed by atoms with Crippen LogP contribution >= 0.6 is 11.6 Å². The van der Waals surface area contributed by atoms with Crippen LogP contribution in [-0.2, 0) is 4.74 Å². The van der Waals surface area contributed by atoms with E-state index < -0.39 is 6.10 Å². The molecule has 2 rings (SSSR count). The molecule has 0 amide bonds. The molecular weight excluding hydrogens is 264 g/mol. The highest BCUT2D eigenvalue weighted by Gasteiger charge is 2.19. The molecule has 5 heteroatoms. The first kappa shape index (κ1) is 14.6. The summed E-state index contributed by atoms with van der Waals surface area (Å²) in [6.45, 7) is 4.95. The molecule has 0 bridgehead atoms. The van der Waals surface area contributed by atoms with Crippen molar-refractivity contribution >= 4 is 17.3 Å². The lowest BCUT2D eigenvalue weighted by Crippen LogP contribution is -2.49. The Kier molecular flexibility index (Phi) is 5.45. The first-order chi connectivity index (χ1) is 9.19. The largest absolute Gasteiger partial charge is 0.389 e. The van der Waals surface area contributed by atoms with Gasteiger partial charge in [-0.1, -0.05) is 11.6 Å². The van der Waals surface area contributed by atoms with E-state index in [0.717, 1.165) is 31.2 Å². The smallest absolute Gasteiger partial charge is 0.0900 e. The summed E-state index contributed by atoms with van der Waals surface area (Å²) in [4.78, 5) is 4.62. The maximum absolute atomic E-state index is 9.72. The standard InChI is InChI=1S/C14H21ClN2O2/c1-19-11-14(18)10-16-6-8-17(9-7-16)13-4-2-12(15)3-5-13/h2-5,14,18H,6-11H2,1H3. The summed E-state index contributed by atoms with van der Waals surface area (Å²) in [5.74, 6) is 0. The molecule has 0 aromatic heterocycles. The molecule has 1 aliphatic heterocycles. The number of anilines is 1. The Morgan fingerprint density at radius 2 is 1.84 bits per heavy atom. The van der Waals surface area contributed by atoms with Gasteiger partial charge in [-0.05, 0) is 24.3 Å². The van der Waals surface area contributed by atoms with Gasteiger partial charge in [-0.2, -0.15) is 0 Å². The van der Waals surface area contributed by atoms with E-state index in [9.17, 15) is 5.11 Å². The number of aliphatic hydroxyl groups is 1. The summed E-state index contributed by atoms with van der Waals surface area (Å²) in [5.41, 5.74) is 1.21. The lowest BCUT2D eigenvalue weighted by atomic mass is 10.2. The lowest BCUT2D eigenvalue weighted by molar-refractivity contribution is 0.0365. The highest BCUT2D eigenvalue weighted by molar-refractivity contribution is 6.30. The SMILES string of the molecule is COCC(O)CN1CCN(c2ccc(Cl)cc2)CC1. The van der Waals surface area contributed by atoms with E-state index >= 15 is 0 Å². The van der Waals surface area contributed by atoms with Gasteiger partial charge in [-0.25, -0.2) is 0 Å². The molecule has 0 aliphatic carbocycles. The minimum atomic E-state index is -0.396. The van der Waals surface area contributed by atoms with Crippen molar-refractivity contribution < 1.29 is 9.84 Å². The number of rotatable bonds is 5. The Bertz CT molecular complexity index is 378. The zero-order valence-corrected chi connectivity index (χ0v) is 12.0. The van der Waals surface area contributed by atoms with Crippen LogP contribution in [0.5, 0.6) is 0 Å². The van der Waals surface area contributed by atoms with Crippen molar-refractivity contribution in [3.05, 3.63) is 29.3 Å². The number of halogens is 1. The Hall–Kier alpha value is -0.810. The fourth-order valence-electron chi connectivity index (χ4n) is 2.38. The van der Waals surface area contributed by atoms with Crippen LogP contribution in [0.25, 0.3) is 0 Å². The third kappa shape index (κ3) is 4.35. The predicted octanol–water partition coefficient (Wildman–Crippen LogP) is 1.47. The molecule has 0 saturated carbocycles. The first-order valence-electron chi connectivity index (χ1n) is 6.59. The summed E-state index contributed by atoms with van der Waals surface area (Å²) >= 11 is 5.89. The van der Waals surface area contributed by atoms with Crippen LogP contribution in [0.2, 0.25) is 5.02 Å². The average Bonchev–Trinajstić information content (AvgIpc) is 2.41. The molecule has 1 fully saturated rings. The van der Waals surface area contributed by atoms with Gasteiger partial charge in [0.15, 0.2) is 0 Å². The maximum Gasteiger partial charge on any atom is 0.0900 e. The maximum atomic E-state index is 9.72. The monoisotopic (exact) mass is 284 g/mol. The van der Waals surface area contributed by atoms with Crippen LogP contribution in [0.15, 0.2) is 24.3 Å². The van der Waals surface area contributed by atoms with Crippen LogP contribution in [-0.4, -0.2) is 62.6 Å². The van der Waals surface area contributed by atoms with Gasteiger partial charge in [-0.15, -0.1) is 0 Å². The molecule has 1 aliphatic rings. The molecule has 0 radical (unpaired) electrons. The number of hydrogen-bond donors (Lipinski definition) is 1. The minimum absolute atomic E-state index is 0.396. The molecule has 1 aromatic rings. The van der Waals surface area contributed by atoms with Crippen molar-refractivity contribution in [2.45, 2.75) is 6.10 Å². The third-order valence-electron chi connectivity index (χ3n) is 3.39. The number of ether oxygens (including phenoxy) is 1. The molecule has 1 heterocycles. The third-order valence-corrected chi connectivity index (χ3v) is 3.64. The van der Waals surface area contributed by atoms with E-state index in [2.05, 4.69) is 21.9 Å². The summed E-state index contributed by atoms with van der Waals surface area (Å²) in [6, 6.07) is 7.95. The van der Waals surface area contributed by atoms with Crippen molar-refractivity contribution in [1.82, 2.24) is 4.90 Å². The minimum Gasteiger partial charge on any atom is -0.389 e. The fraction of sp³-hybridized carbons (Fsp3) is 0.571. The van der Waals surface area contributed by atoms with E-state index in [1.54, 1.807) is 7.11 Å². The number of hydrogen-bond acceptors (Lipinski definition) is 4. The molecule has 1 unspecified atom stereocenters. The Labute approximate surface area is 119 Å². The Morgan fingerprint density at radius 3 is 2.42 bits per heavy atom. The van der Waals surface area contributed by atoms with Crippen LogP contribution in [0, 0.1) is 0 Å². The molecule has 1 atom stereocenters. The van der Waals surface area contributed by atoms with E-state index in [-0.39, 0.29) is 0 Å². The fourth-order valence-corrected chi connectivity index (χ4v) is 2.51. The topological polar surface area (TPSA) is 35.9 Å². The second-order valence-corrected chi connectivity index (χ2v) is 5.31. The van der Waals surface area contributed by atoms with Gasteiger partial charge in [0.1, 0.15) is 0 Å². The van der Waals surface area contributed by atoms with Crippen molar-refractivity contribution in [3.63, 3.8) is 0 Å². The first-order valence-corrected chi connectivity index (χ1v) is 6.96. The predicted molar refractivity (Wildman–Crippen MR) is 78.0 cm³/mol. The Morgan fingerprint density at radius 1 is 1.21 bits per heavy atom. The molecule has 4 nitrogen and oxygen atoms in total. The normalized spacial score (nSPS) is 18.6. The van der Waals surface area contributed by atoms with Crippen LogP contribution in [0.3, 0.4) is 0 Å². The highest BCUT2D eigenvalue weighted by atomic mass is 35.5. The van der Waals surface area contributed by atoms with Crippen molar-refractivity contribution in [2.75, 3.05) is 51.3 Å². The van der Waals surface area contributed by atoms with Gasteiger partial charge in [0.25, 0.3) is 0 Å². The molecule has 1 saturated heterocycles. The van der Waals surface area contributed by atoms with E-state index in [1.165, 1.54) is 5.69 Å². The number of β-amino-alcohol motifs (C(OH)–C–C–N with tert-alkyl or cyclic N) is 1. The number of benzene rings is 1. The molecular formula is C14H21ClN2O2. The van der Waals surface area contributed by atoms with E-state index in [0.29, 0.717) is 13.2 Å². The zero-order chi connectivity index (χ0) is 13.7. The second kappa shape index (κ2) is 7.10. The number of aliphatic hydroxyl groups excluding tert-OH is 1. The van der Waals surface area contributed by atoms with Gasteiger partial charge in [0.2, 0.25) is 0 Å². The zero-order valence-electron chi connectivity index (χ0n) is 11.3. The average molecular weight is 285 g/mol. The Balaban J connectivity index is 1.80. The molecule has 1 aromatic carbocycles. The van der Waals surface area contributed by atoms with Gasteiger partial charge in [0, 0.05) is 50.5 Å². The number of piperazine rings is 1. The van der Waals surface area contributed by atoms with Crippen molar-refractivity contribution in [2.24, 2.45) is 0 Å². The van der Waals surface area contributed by atoms with Crippen molar-refractivity contribution in [3.8, 4) is 0 Å². The van der Waals surface area contributed by atoms with Gasteiger partial charge in [-0.3, -0.25) is 4.90 Å². The summed E-state index contributed by atoms with van der Waals surface area (Å²) in [6.07, 6.45) is -0.396. The second-order valence-electron chi connectivity index (χ2n) is 4.87. The summed E-state index contributed by atoms with van der Waals surface area (Å²) in [5, 5.41) is 10.5. The molecule has 1 N–H and O–H groups in total. The summed E-state index contributed by atoms with van der Waals surface area (Å²) in [7, 11) is 1.61. The van der Waals surface area contributed by atoms with Gasteiger partial charge >= 0.3 is 0 Å². The summed E-state index contributed by atoms with van der Waals surface area (Å²) < 4.78 is 4.95. The van der Waals surface area contributed by atoms with Gasteiger partial charge in [0.05, 0.1) is 12.7 Å². The van der Waals surface area contributed by atoms with Gasteiger partial charge < -0.3 is 14.7 Å².